The average molecular weight is 291 g/mol. The molecule has 0 aliphatic rings. The van der Waals surface area contributed by atoms with Crippen LogP contribution in [0, 0.1) is 23.1 Å². The number of benzene rings is 1. The summed E-state index contributed by atoms with van der Waals surface area (Å²) >= 11 is 5.56. The number of hydrogen-bond donors (Lipinski definition) is 1. The van der Waals surface area contributed by atoms with Gasteiger partial charge >= 0.3 is 0 Å². The Morgan fingerprint density at radius 3 is 2.78 bits per heavy atom. The zero-order chi connectivity index (χ0) is 13.8. The van der Waals surface area contributed by atoms with Gasteiger partial charge in [-0.2, -0.15) is 5.26 Å². The normalized spacial score (nSPS) is 13.0. The Kier molecular flexibility index (Phi) is 5.08. The van der Waals surface area contributed by atoms with Crippen LogP contribution in [0.5, 0.6) is 0 Å². The van der Waals surface area contributed by atoms with Gasteiger partial charge in [0.2, 0.25) is 10.0 Å². The molecular weight excluding hydrogens is 279 g/mol. The number of nitrogens with one attached hydrogen (secondary N) is 1. The highest BCUT2D eigenvalue weighted by molar-refractivity contribution is 7.88. The van der Waals surface area contributed by atoms with Crippen LogP contribution in [0.3, 0.4) is 0 Å². The van der Waals surface area contributed by atoms with Crippen molar-refractivity contribution in [3.05, 3.63) is 34.6 Å². The molecule has 0 aliphatic heterocycles. The first-order valence-electron chi connectivity index (χ1n) is 5.15. The standard InChI is InChI=1S/C11H12ClFN2O2S/c1-8(5-14)6-15-18(16,17)7-9-2-3-11(13)10(12)4-9/h2-4,8,15H,6-7H2,1H3/t8-/m1/s1. The second-order valence-electron chi connectivity index (χ2n) is 3.89. The van der Waals surface area contributed by atoms with Crippen LogP contribution in [-0.2, 0) is 15.8 Å². The van der Waals surface area contributed by atoms with Crippen molar-refractivity contribution in [1.82, 2.24) is 4.72 Å². The molecule has 0 radical (unpaired) electrons. The Hall–Kier alpha value is -1.16. The third kappa shape index (κ3) is 4.61. The Morgan fingerprint density at radius 2 is 2.22 bits per heavy atom. The number of nitriles is 1. The molecule has 7 heteroatoms. The van der Waals surface area contributed by atoms with Gasteiger partial charge in [-0.3, -0.25) is 0 Å². The smallest absolute Gasteiger partial charge is 0.214 e. The van der Waals surface area contributed by atoms with E-state index in [1.165, 1.54) is 12.1 Å². The number of hydrogen-bond acceptors (Lipinski definition) is 3. The van der Waals surface area contributed by atoms with Gasteiger partial charge in [0.05, 0.1) is 22.8 Å². The van der Waals surface area contributed by atoms with Crippen LogP contribution in [0.25, 0.3) is 0 Å². The second kappa shape index (κ2) is 6.14. The van der Waals surface area contributed by atoms with Gasteiger partial charge in [-0.05, 0) is 24.6 Å². The molecule has 0 saturated carbocycles. The Morgan fingerprint density at radius 1 is 1.56 bits per heavy atom. The first-order valence-corrected chi connectivity index (χ1v) is 7.18. The fourth-order valence-corrected chi connectivity index (χ4v) is 2.63. The molecule has 0 spiro atoms. The number of sulfonamides is 1. The summed E-state index contributed by atoms with van der Waals surface area (Å²) in [5.74, 6) is -1.30. The molecule has 0 unspecified atom stereocenters. The molecule has 1 aromatic rings. The van der Waals surface area contributed by atoms with Crippen molar-refractivity contribution < 1.29 is 12.8 Å². The van der Waals surface area contributed by atoms with Gasteiger partial charge in [0.25, 0.3) is 0 Å². The SMILES string of the molecule is C[C@H](C#N)CNS(=O)(=O)Cc1ccc(F)c(Cl)c1. The molecule has 1 N–H and O–H groups in total. The first-order chi connectivity index (χ1) is 8.34. The van der Waals surface area contributed by atoms with E-state index in [-0.39, 0.29) is 17.3 Å². The minimum atomic E-state index is -3.55. The van der Waals surface area contributed by atoms with E-state index in [4.69, 9.17) is 16.9 Å². The molecule has 98 valence electrons. The third-order valence-electron chi connectivity index (χ3n) is 2.17. The van der Waals surface area contributed by atoms with Crippen molar-refractivity contribution in [3.63, 3.8) is 0 Å². The van der Waals surface area contributed by atoms with Crippen LogP contribution in [-0.4, -0.2) is 15.0 Å². The van der Waals surface area contributed by atoms with Crippen molar-refractivity contribution in [2.24, 2.45) is 5.92 Å². The van der Waals surface area contributed by atoms with E-state index in [0.29, 0.717) is 5.56 Å². The second-order valence-corrected chi connectivity index (χ2v) is 6.10. The highest BCUT2D eigenvalue weighted by Gasteiger charge is 2.13. The van der Waals surface area contributed by atoms with Gasteiger partial charge < -0.3 is 0 Å². The summed E-state index contributed by atoms with van der Waals surface area (Å²) in [5.41, 5.74) is 0.388. The maximum Gasteiger partial charge on any atom is 0.215 e. The molecule has 0 aromatic heterocycles. The van der Waals surface area contributed by atoms with E-state index in [2.05, 4.69) is 4.72 Å². The van der Waals surface area contributed by atoms with E-state index < -0.39 is 21.8 Å². The summed E-state index contributed by atoms with van der Waals surface area (Å²) in [6, 6.07) is 5.66. The van der Waals surface area contributed by atoms with Crippen molar-refractivity contribution >= 4 is 21.6 Å². The number of halogens is 2. The molecule has 1 aromatic carbocycles. The van der Waals surface area contributed by atoms with Gasteiger partial charge in [-0.15, -0.1) is 0 Å². The zero-order valence-corrected chi connectivity index (χ0v) is 11.2. The average Bonchev–Trinajstić information content (AvgIpc) is 2.30. The third-order valence-corrected chi connectivity index (χ3v) is 3.78. The van der Waals surface area contributed by atoms with Crippen LogP contribution < -0.4 is 4.72 Å². The summed E-state index contributed by atoms with van der Waals surface area (Å²) < 4.78 is 38.5. The molecule has 0 amide bonds. The molecule has 18 heavy (non-hydrogen) atoms. The molecule has 0 aliphatic carbocycles. The van der Waals surface area contributed by atoms with Gasteiger partial charge in [0.15, 0.2) is 0 Å². The van der Waals surface area contributed by atoms with Crippen molar-refractivity contribution in [2.75, 3.05) is 6.54 Å². The molecule has 4 nitrogen and oxygen atoms in total. The quantitative estimate of drug-likeness (QED) is 0.902. The molecule has 1 rings (SSSR count). The largest absolute Gasteiger partial charge is 0.215 e. The predicted octanol–water partition coefficient (Wildman–Crippen LogP) is 2.06. The van der Waals surface area contributed by atoms with E-state index >= 15 is 0 Å². The van der Waals surface area contributed by atoms with E-state index in [0.717, 1.165) is 6.07 Å². The lowest BCUT2D eigenvalue weighted by atomic mass is 10.2. The van der Waals surface area contributed by atoms with Crippen LogP contribution in [0.2, 0.25) is 5.02 Å². The summed E-state index contributed by atoms with van der Waals surface area (Å²) in [6.07, 6.45) is 0. The Labute approximate surface area is 110 Å². The highest BCUT2D eigenvalue weighted by Crippen LogP contribution is 2.17. The van der Waals surface area contributed by atoms with Gasteiger partial charge in [-0.1, -0.05) is 17.7 Å². The van der Waals surface area contributed by atoms with Gasteiger partial charge in [-0.25, -0.2) is 17.5 Å². The summed E-state index contributed by atoms with van der Waals surface area (Å²) in [7, 11) is -3.55. The predicted molar refractivity (Wildman–Crippen MR) is 66.8 cm³/mol. The first kappa shape index (κ1) is 14.9. The van der Waals surface area contributed by atoms with Crippen LogP contribution in [0.4, 0.5) is 4.39 Å². The molecule has 0 heterocycles. The van der Waals surface area contributed by atoms with E-state index in [1.54, 1.807) is 6.92 Å². The van der Waals surface area contributed by atoms with Crippen molar-refractivity contribution in [1.29, 1.82) is 5.26 Å². The highest BCUT2D eigenvalue weighted by atomic mass is 35.5. The molecule has 0 bridgehead atoms. The number of nitrogens with zero attached hydrogens (tertiary/aromatic N) is 1. The minimum absolute atomic E-state index is 0.0494. The fraction of sp³-hybridized carbons (Fsp3) is 0.364. The Balaban J connectivity index is 2.71. The van der Waals surface area contributed by atoms with Crippen LogP contribution in [0.15, 0.2) is 18.2 Å². The van der Waals surface area contributed by atoms with E-state index in [9.17, 15) is 12.8 Å². The molecule has 1 atom stereocenters. The molecule has 0 fully saturated rings. The summed E-state index contributed by atoms with van der Waals surface area (Å²) in [5, 5.41) is 8.43. The van der Waals surface area contributed by atoms with Crippen LogP contribution >= 0.6 is 11.6 Å². The summed E-state index contributed by atoms with van der Waals surface area (Å²) in [4.78, 5) is 0. The maximum atomic E-state index is 12.9. The minimum Gasteiger partial charge on any atom is -0.214 e. The lowest BCUT2D eigenvalue weighted by molar-refractivity contribution is 0.571. The zero-order valence-electron chi connectivity index (χ0n) is 9.65. The van der Waals surface area contributed by atoms with Crippen molar-refractivity contribution in [2.45, 2.75) is 12.7 Å². The van der Waals surface area contributed by atoms with E-state index in [1.807, 2.05) is 6.07 Å². The van der Waals surface area contributed by atoms with Gasteiger partial charge in [0.1, 0.15) is 5.82 Å². The Bertz CT molecular complexity index is 569. The van der Waals surface area contributed by atoms with Crippen LogP contribution in [0.1, 0.15) is 12.5 Å². The fourth-order valence-electron chi connectivity index (χ4n) is 1.20. The topological polar surface area (TPSA) is 70.0 Å². The van der Waals surface area contributed by atoms with Gasteiger partial charge in [0, 0.05) is 6.54 Å². The number of rotatable bonds is 5. The molecular formula is C11H12ClFN2O2S. The maximum absolute atomic E-state index is 12.9. The van der Waals surface area contributed by atoms with Crippen molar-refractivity contribution in [3.8, 4) is 6.07 Å². The lowest BCUT2D eigenvalue weighted by Gasteiger charge is -2.08. The lowest BCUT2D eigenvalue weighted by Crippen LogP contribution is -2.29. The summed E-state index contributed by atoms with van der Waals surface area (Å²) in [6.45, 7) is 1.66. The molecule has 0 saturated heterocycles. The monoisotopic (exact) mass is 290 g/mol.